The summed E-state index contributed by atoms with van der Waals surface area (Å²) in [5, 5.41) is 0. The summed E-state index contributed by atoms with van der Waals surface area (Å²) in [5.74, 6) is 0. The molecule has 0 aromatic heterocycles. The molecule has 0 saturated carbocycles. The van der Waals surface area contributed by atoms with Crippen molar-refractivity contribution in [1.82, 2.24) is 0 Å². The molecule has 1 heteroatoms. The summed E-state index contributed by atoms with van der Waals surface area (Å²) < 4.78 is 0. The third-order valence-corrected chi connectivity index (χ3v) is 4.06. The Hall–Kier alpha value is -0.443. The molecule has 16 heavy (non-hydrogen) atoms. The van der Waals surface area contributed by atoms with Crippen molar-refractivity contribution >= 4 is 24.4 Å². The molecule has 1 radical (unpaired) electrons. The predicted octanol–water partition coefficient (Wildman–Crippen LogP) is 3.63. The van der Waals surface area contributed by atoms with E-state index in [-0.39, 0.29) is 18.9 Å². The van der Waals surface area contributed by atoms with Gasteiger partial charge in [-0.15, -0.1) is 0 Å². The van der Waals surface area contributed by atoms with Crippen LogP contribution in [0.3, 0.4) is 0 Å². The van der Waals surface area contributed by atoms with Gasteiger partial charge < -0.3 is 0 Å². The number of hydrogen-bond donors (Lipinski definition) is 0. The van der Waals surface area contributed by atoms with Crippen LogP contribution in [0.1, 0.15) is 47.2 Å². The van der Waals surface area contributed by atoms with E-state index in [1.807, 2.05) is 0 Å². The molecule has 0 N–H and O–H groups in total. The van der Waals surface area contributed by atoms with Crippen LogP contribution in [-0.2, 0) is 0 Å². The maximum atomic E-state index is 2.33. The van der Waals surface area contributed by atoms with Crippen LogP contribution in [0, 0.1) is 34.1 Å². The number of benzene rings is 1. The molecule has 0 heterocycles. The summed E-state index contributed by atoms with van der Waals surface area (Å²) >= 11 is 0. The van der Waals surface area contributed by atoms with Crippen LogP contribution in [0.4, 0.5) is 0 Å². The Morgan fingerprint density at radius 3 is 1.75 bits per heavy atom. The summed E-state index contributed by atoms with van der Waals surface area (Å²) in [7, 11) is 0. The van der Waals surface area contributed by atoms with Gasteiger partial charge in [-0.2, -0.15) is 0 Å². The van der Waals surface area contributed by atoms with Crippen molar-refractivity contribution in [2.45, 2.75) is 41.5 Å². The standard InChI is InChI=1S/C15H19.Li.H/c1-8-7-14-12(5)10(3)11(4)13(6)15(14)9(8)2;;/h7H,1-6H3;;. The van der Waals surface area contributed by atoms with Crippen LogP contribution in [0.25, 0.3) is 5.57 Å². The van der Waals surface area contributed by atoms with Gasteiger partial charge in [0.15, 0.2) is 0 Å². The van der Waals surface area contributed by atoms with E-state index in [1.165, 1.54) is 44.5 Å². The van der Waals surface area contributed by atoms with Gasteiger partial charge in [-0.1, -0.05) is 5.57 Å². The fourth-order valence-corrected chi connectivity index (χ4v) is 2.53. The molecule has 1 aliphatic carbocycles. The monoisotopic (exact) mass is 207 g/mol. The molecular formula is C15H20Li. The maximum absolute atomic E-state index is 2.33. The Kier molecular flexibility index (Phi) is 3.78. The molecule has 0 aliphatic heterocycles. The average molecular weight is 207 g/mol. The first kappa shape index (κ1) is 13.6. The zero-order chi connectivity index (χ0) is 11.3. The average Bonchev–Trinajstić information content (AvgIpc) is 2.50. The van der Waals surface area contributed by atoms with Gasteiger partial charge >= 0.3 is 18.9 Å². The first-order chi connectivity index (χ1) is 6.95. The summed E-state index contributed by atoms with van der Waals surface area (Å²) in [4.78, 5) is 0. The first-order valence-corrected chi connectivity index (χ1v) is 5.58. The molecule has 1 aliphatic rings. The van der Waals surface area contributed by atoms with Gasteiger partial charge in [0.05, 0.1) is 0 Å². The topological polar surface area (TPSA) is 0 Å². The molecule has 0 bridgehead atoms. The molecule has 1 aromatic rings. The Morgan fingerprint density at radius 1 is 0.688 bits per heavy atom. The van der Waals surface area contributed by atoms with Gasteiger partial charge in [-0.25, -0.2) is 0 Å². The fourth-order valence-electron chi connectivity index (χ4n) is 2.53. The van der Waals surface area contributed by atoms with Gasteiger partial charge in [-0.05, 0) is 80.5 Å². The second-order valence-electron chi connectivity index (χ2n) is 4.74. The van der Waals surface area contributed by atoms with Crippen LogP contribution >= 0.6 is 0 Å². The van der Waals surface area contributed by atoms with Crippen LogP contribution in [0.2, 0.25) is 0 Å². The Balaban J connectivity index is 0.00000128. The summed E-state index contributed by atoms with van der Waals surface area (Å²) in [6.45, 7) is 13.4. The molecule has 0 atom stereocenters. The zero-order valence-corrected chi connectivity index (χ0v) is 10.6. The van der Waals surface area contributed by atoms with E-state index in [4.69, 9.17) is 0 Å². The third kappa shape index (κ3) is 1.69. The van der Waals surface area contributed by atoms with Gasteiger partial charge in [-0.3, -0.25) is 0 Å². The van der Waals surface area contributed by atoms with E-state index in [0.29, 0.717) is 0 Å². The summed E-state index contributed by atoms with van der Waals surface area (Å²) in [6, 6.07) is 0. The van der Waals surface area contributed by atoms with E-state index in [0.717, 1.165) is 0 Å². The Bertz CT molecular complexity index is 479. The second kappa shape index (κ2) is 4.44. The number of rotatable bonds is 0. The van der Waals surface area contributed by atoms with Crippen molar-refractivity contribution in [3.8, 4) is 0 Å². The summed E-state index contributed by atoms with van der Waals surface area (Å²) in [5.41, 5.74) is 11.6. The van der Waals surface area contributed by atoms with Crippen molar-refractivity contribution in [3.63, 3.8) is 0 Å². The van der Waals surface area contributed by atoms with E-state index in [1.54, 1.807) is 0 Å². The van der Waals surface area contributed by atoms with Crippen molar-refractivity contribution < 1.29 is 0 Å². The van der Waals surface area contributed by atoms with E-state index >= 15 is 0 Å². The molecule has 0 amide bonds. The Labute approximate surface area is 111 Å². The minimum absolute atomic E-state index is 0. The fraction of sp³-hybridized carbons (Fsp3) is 0.400. The van der Waals surface area contributed by atoms with Crippen molar-refractivity contribution in [2.75, 3.05) is 0 Å². The second-order valence-corrected chi connectivity index (χ2v) is 4.74. The first-order valence-electron chi connectivity index (χ1n) is 5.58. The minimum atomic E-state index is 0. The van der Waals surface area contributed by atoms with Crippen LogP contribution in [0.15, 0.2) is 5.57 Å². The van der Waals surface area contributed by atoms with E-state index in [9.17, 15) is 0 Å². The number of fused-ring (bicyclic) bond motifs is 1. The van der Waals surface area contributed by atoms with Gasteiger partial charge in [0.2, 0.25) is 0 Å². The number of allylic oxidation sites excluding steroid dienone is 2. The molecule has 1 aromatic carbocycles. The van der Waals surface area contributed by atoms with Crippen molar-refractivity contribution in [2.24, 2.45) is 0 Å². The van der Waals surface area contributed by atoms with E-state index in [2.05, 4.69) is 48.0 Å². The normalized spacial score (nSPS) is 13.9. The predicted molar refractivity (Wildman–Crippen MR) is 74.2 cm³/mol. The molecule has 2 rings (SSSR count). The van der Waals surface area contributed by atoms with Crippen LogP contribution in [-0.4, -0.2) is 18.9 Å². The quantitative estimate of drug-likeness (QED) is 0.570. The summed E-state index contributed by atoms with van der Waals surface area (Å²) in [6.07, 6.45) is 2.33. The molecular weight excluding hydrogens is 187 g/mol. The van der Waals surface area contributed by atoms with Crippen LogP contribution in [0.5, 0.6) is 0 Å². The van der Waals surface area contributed by atoms with Gasteiger partial charge in [0, 0.05) is 6.42 Å². The number of hydrogen-bond acceptors (Lipinski definition) is 0. The molecule has 0 nitrogen and oxygen atoms in total. The molecule has 81 valence electrons. The SMILES string of the molecule is CC1=C(C)c2c(C)c(C)c(C)c(C)c2[CH]1.[LiH]. The van der Waals surface area contributed by atoms with Gasteiger partial charge in [0.25, 0.3) is 0 Å². The molecule has 0 saturated heterocycles. The zero-order valence-electron chi connectivity index (χ0n) is 10.6. The molecule has 0 unspecified atom stereocenters. The Morgan fingerprint density at radius 2 is 1.19 bits per heavy atom. The van der Waals surface area contributed by atoms with Crippen molar-refractivity contribution in [3.05, 3.63) is 45.4 Å². The van der Waals surface area contributed by atoms with E-state index < -0.39 is 0 Å². The van der Waals surface area contributed by atoms with Crippen LogP contribution < -0.4 is 0 Å². The van der Waals surface area contributed by atoms with Crippen molar-refractivity contribution in [1.29, 1.82) is 0 Å². The molecule has 0 fully saturated rings. The van der Waals surface area contributed by atoms with Gasteiger partial charge in [0.1, 0.15) is 0 Å². The third-order valence-electron chi connectivity index (χ3n) is 4.06. The molecule has 0 spiro atoms.